The Balaban J connectivity index is 1.67. The third-order valence-electron chi connectivity index (χ3n) is 5.55. The highest BCUT2D eigenvalue weighted by Gasteiger charge is 2.42. The van der Waals surface area contributed by atoms with Gasteiger partial charge in [0.1, 0.15) is 11.8 Å². The molecule has 0 saturated carbocycles. The molecule has 1 saturated heterocycles. The monoisotopic (exact) mass is 426 g/mol. The number of ether oxygens (including phenoxy) is 1. The van der Waals surface area contributed by atoms with Crippen LogP contribution in [0, 0.1) is 0 Å². The number of nitrogens with one attached hydrogen (secondary N) is 1. The van der Waals surface area contributed by atoms with Crippen LogP contribution in [0.5, 0.6) is 5.75 Å². The third-order valence-corrected chi connectivity index (χ3v) is 5.86. The van der Waals surface area contributed by atoms with Gasteiger partial charge in [-0.1, -0.05) is 30.3 Å². The first kappa shape index (κ1) is 19.3. The van der Waals surface area contributed by atoms with Crippen molar-refractivity contribution in [1.29, 1.82) is 0 Å². The average molecular weight is 427 g/mol. The van der Waals surface area contributed by atoms with Crippen molar-refractivity contribution in [2.45, 2.75) is 12.1 Å². The Labute approximate surface area is 186 Å². The maximum atomic E-state index is 5.83. The van der Waals surface area contributed by atoms with Crippen LogP contribution in [0.2, 0.25) is 0 Å². The molecule has 1 N–H and O–H groups in total. The lowest BCUT2D eigenvalue weighted by Crippen LogP contribution is -2.30. The Morgan fingerprint density at radius 2 is 1.71 bits per heavy atom. The molecule has 5 nitrogen and oxygen atoms in total. The highest BCUT2D eigenvalue weighted by Crippen LogP contribution is 2.42. The van der Waals surface area contributed by atoms with E-state index >= 15 is 0 Å². The van der Waals surface area contributed by atoms with Gasteiger partial charge >= 0.3 is 0 Å². The molecule has 2 unspecified atom stereocenters. The van der Waals surface area contributed by atoms with Crippen LogP contribution in [0.15, 0.2) is 97.3 Å². The molecular weight excluding hydrogens is 404 g/mol. The van der Waals surface area contributed by atoms with Gasteiger partial charge in [0.15, 0.2) is 5.11 Å². The second-order valence-electron chi connectivity index (χ2n) is 7.34. The Bertz CT molecular complexity index is 1190. The Hall–Kier alpha value is -3.64. The summed E-state index contributed by atoms with van der Waals surface area (Å²) in [5.74, 6) is 0.791. The number of methoxy groups -OCH3 is 1. The summed E-state index contributed by atoms with van der Waals surface area (Å²) in [5, 5.41) is 4.18. The highest BCUT2D eigenvalue weighted by atomic mass is 32.1. The fourth-order valence-corrected chi connectivity index (χ4v) is 4.50. The van der Waals surface area contributed by atoms with Crippen molar-refractivity contribution in [3.63, 3.8) is 0 Å². The molecule has 6 heteroatoms. The largest absolute Gasteiger partial charge is 0.497 e. The minimum Gasteiger partial charge on any atom is -0.497 e. The van der Waals surface area contributed by atoms with E-state index in [0.29, 0.717) is 5.11 Å². The van der Waals surface area contributed by atoms with E-state index in [0.717, 1.165) is 28.5 Å². The molecule has 0 amide bonds. The van der Waals surface area contributed by atoms with E-state index in [-0.39, 0.29) is 12.1 Å². The molecule has 154 valence electrons. The van der Waals surface area contributed by atoms with E-state index in [1.807, 2.05) is 60.8 Å². The first-order chi connectivity index (χ1) is 15.3. The van der Waals surface area contributed by atoms with Crippen LogP contribution in [0.4, 0.5) is 5.69 Å². The summed E-state index contributed by atoms with van der Waals surface area (Å²) in [6.07, 6.45) is 3.91. The maximum absolute atomic E-state index is 5.83. The number of anilines is 1. The molecule has 1 aliphatic heterocycles. The average Bonchev–Trinajstić information content (AvgIpc) is 3.44. The zero-order chi connectivity index (χ0) is 21.2. The van der Waals surface area contributed by atoms with E-state index in [1.165, 1.54) is 0 Å². The summed E-state index contributed by atoms with van der Waals surface area (Å²) in [4.78, 5) is 6.80. The molecule has 0 bridgehead atoms. The van der Waals surface area contributed by atoms with Crippen molar-refractivity contribution < 1.29 is 4.74 Å². The summed E-state index contributed by atoms with van der Waals surface area (Å²) >= 11 is 5.83. The van der Waals surface area contributed by atoms with Crippen molar-refractivity contribution in [3.05, 3.63) is 109 Å². The number of benzene rings is 2. The summed E-state index contributed by atoms with van der Waals surface area (Å²) in [6.45, 7) is 0. The van der Waals surface area contributed by atoms with Crippen LogP contribution in [0.1, 0.15) is 23.5 Å². The van der Waals surface area contributed by atoms with Crippen molar-refractivity contribution in [3.8, 4) is 11.4 Å². The fraction of sp³-hybridized carbons (Fsp3) is 0.120. The van der Waals surface area contributed by atoms with Gasteiger partial charge < -0.3 is 19.5 Å². The van der Waals surface area contributed by atoms with Crippen molar-refractivity contribution in [1.82, 2.24) is 14.9 Å². The normalized spacial score (nSPS) is 18.1. The maximum Gasteiger partial charge on any atom is 0.174 e. The lowest BCUT2D eigenvalue weighted by molar-refractivity contribution is 0.414. The lowest BCUT2D eigenvalue weighted by atomic mass is 10.0. The van der Waals surface area contributed by atoms with Gasteiger partial charge in [0.2, 0.25) is 0 Å². The van der Waals surface area contributed by atoms with Crippen LogP contribution in [-0.4, -0.2) is 21.8 Å². The van der Waals surface area contributed by atoms with Crippen LogP contribution in [0.25, 0.3) is 5.69 Å². The summed E-state index contributed by atoms with van der Waals surface area (Å²) in [7, 11) is 1.67. The first-order valence-corrected chi connectivity index (χ1v) is 10.5. The van der Waals surface area contributed by atoms with E-state index in [1.54, 1.807) is 7.11 Å². The van der Waals surface area contributed by atoms with Gasteiger partial charge in [0, 0.05) is 35.5 Å². The second-order valence-corrected chi connectivity index (χ2v) is 7.72. The van der Waals surface area contributed by atoms with Gasteiger partial charge in [0.05, 0.1) is 18.8 Å². The van der Waals surface area contributed by atoms with Crippen LogP contribution < -0.4 is 15.0 Å². The number of hydrogen-bond acceptors (Lipinski definition) is 3. The summed E-state index contributed by atoms with van der Waals surface area (Å²) in [5.41, 5.74) is 4.14. The van der Waals surface area contributed by atoms with Crippen molar-refractivity contribution in [2.75, 3.05) is 12.0 Å². The fourth-order valence-electron chi connectivity index (χ4n) is 4.15. The van der Waals surface area contributed by atoms with Crippen LogP contribution in [-0.2, 0) is 0 Å². The third kappa shape index (κ3) is 3.55. The lowest BCUT2D eigenvalue weighted by Gasteiger charge is -2.29. The highest BCUT2D eigenvalue weighted by molar-refractivity contribution is 7.80. The summed E-state index contributed by atoms with van der Waals surface area (Å²) in [6, 6.07) is 28.3. The molecule has 0 aliphatic carbocycles. The van der Waals surface area contributed by atoms with E-state index in [9.17, 15) is 0 Å². The van der Waals surface area contributed by atoms with Gasteiger partial charge in [0.25, 0.3) is 0 Å². The molecule has 5 rings (SSSR count). The SMILES string of the molecule is COc1cccc(N2C(=S)NC(c3ccccn3)C2c2cccn2-c2ccccc2)c1. The molecule has 3 heterocycles. The van der Waals surface area contributed by atoms with E-state index in [2.05, 4.69) is 56.3 Å². The van der Waals surface area contributed by atoms with Gasteiger partial charge in [-0.15, -0.1) is 0 Å². The summed E-state index contributed by atoms with van der Waals surface area (Å²) < 4.78 is 7.68. The van der Waals surface area contributed by atoms with Gasteiger partial charge in [-0.3, -0.25) is 4.98 Å². The first-order valence-electron chi connectivity index (χ1n) is 10.1. The number of nitrogens with zero attached hydrogens (tertiary/aromatic N) is 3. The van der Waals surface area contributed by atoms with Crippen molar-refractivity contribution in [2.24, 2.45) is 0 Å². The Morgan fingerprint density at radius 1 is 0.903 bits per heavy atom. The van der Waals surface area contributed by atoms with Gasteiger partial charge in [-0.05, 0) is 60.7 Å². The van der Waals surface area contributed by atoms with Gasteiger partial charge in [-0.2, -0.15) is 0 Å². The molecule has 2 atom stereocenters. The molecule has 0 spiro atoms. The zero-order valence-corrected chi connectivity index (χ0v) is 17.9. The second kappa shape index (κ2) is 8.24. The minimum absolute atomic E-state index is 0.0929. The van der Waals surface area contributed by atoms with Crippen molar-refractivity contribution >= 4 is 23.0 Å². The Morgan fingerprint density at radius 3 is 2.48 bits per heavy atom. The predicted molar refractivity (Wildman–Crippen MR) is 127 cm³/mol. The minimum atomic E-state index is -0.0998. The zero-order valence-electron chi connectivity index (χ0n) is 17.1. The number of pyridine rings is 1. The quantitative estimate of drug-likeness (QED) is 0.452. The van der Waals surface area contributed by atoms with Crippen LogP contribution >= 0.6 is 12.2 Å². The standard InChI is InChI=1S/C25H22N4OS/c1-30-20-12-7-11-19(17-20)29-24(23(27-25(29)31)21-13-5-6-15-26-21)22-14-8-16-28(22)18-9-3-2-4-10-18/h2-17,23-24H,1H3,(H,27,31). The topological polar surface area (TPSA) is 42.3 Å². The molecule has 1 aliphatic rings. The molecule has 1 fully saturated rings. The Kier molecular flexibility index (Phi) is 5.14. The number of thiocarbonyl (C=S) groups is 1. The predicted octanol–water partition coefficient (Wildman–Crippen LogP) is 5.06. The molecule has 31 heavy (non-hydrogen) atoms. The number of aromatic nitrogens is 2. The number of rotatable bonds is 5. The van der Waals surface area contributed by atoms with Crippen LogP contribution in [0.3, 0.4) is 0 Å². The van der Waals surface area contributed by atoms with E-state index < -0.39 is 0 Å². The number of hydrogen-bond donors (Lipinski definition) is 1. The van der Waals surface area contributed by atoms with E-state index in [4.69, 9.17) is 17.0 Å². The number of para-hydroxylation sites is 1. The molecule has 2 aromatic carbocycles. The van der Waals surface area contributed by atoms with Gasteiger partial charge in [-0.25, -0.2) is 0 Å². The molecule has 4 aromatic rings. The molecular formula is C25H22N4OS. The molecule has 2 aromatic heterocycles. The molecule has 0 radical (unpaired) electrons. The smallest absolute Gasteiger partial charge is 0.174 e.